The topological polar surface area (TPSA) is 102 Å². The van der Waals surface area contributed by atoms with Crippen molar-refractivity contribution in [3.05, 3.63) is 47.7 Å². The first-order valence-corrected chi connectivity index (χ1v) is 10.2. The molecule has 0 saturated carbocycles. The number of carbonyl (C=O) groups is 1. The standard InChI is InChI=1S/C22H26F2N4O3/c1-2-3-7-30-16-11-28(12-16)22-18(23)8-15(10-27-22)17-6-4-5-14(21(17)24)13-31-20(29)9-19(25)26/h4-6,8,10,16H,2-3,7,9,11-13H2,1H3,(H3,25,26). The third-order valence-electron chi connectivity index (χ3n) is 4.93. The monoisotopic (exact) mass is 432 g/mol. The van der Waals surface area contributed by atoms with Crippen molar-refractivity contribution in [2.45, 2.75) is 38.9 Å². The Morgan fingerprint density at radius 1 is 1.35 bits per heavy atom. The average molecular weight is 432 g/mol. The van der Waals surface area contributed by atoms with E-state index in [-0.39, 0.29) is 47.5 Å². The van der Waals surface area contributed by atoms with Gasteiger partial charge < -0.3 is 20.1 Å². The van der Waals surface area contributed by atoms with Crippen LogP contribution in [0.25, 0.3) is 11.1 Å². The molecule has 7 nitrogen and oxygen atoms in total. The number of benzene rings is 1. The number of rotatable bonds is 10. The largest absolute Gasteiger partial charge is 0.460 e. The van der Waals surface area contributed by atoms with Gasteiger partial charge in [0.15, 0.2) is 11.6 Å². The Morgan fingerprint density at radius 2 is 2.13 bits per heavy atom. The minimum Gasteiger partial charge on any atom is -0.460 e. The van der Waals surface area contributed by atoms with Gasteiger partial charge in [0, 0.05) is 42.6 Å². The van der Waals surface area contributed by atoms with Crippen LogP contribution in [-0.4, -0.2) is 42.6 Å². The Bertz CT molecular complexity index is 948. The maximum atomic E-state index is 14.9. The number of hydrogen-bond donors (Lipinski definition) is 2. The molecule has 0 spiro atoms. The summed E-state index contributed by atoms with van der Waals surface area (Å²) in [6, 6.07) is 5.81. The molecule has 1 aliphatic heterocycles. The fourth-order valence-electron chi connectivity index (χ4n) is 3.20. The quantitative estimate of drug-likeness (QED) is 0.258. The highest BCUT2D eigenvalue weighted by Crippen LogP contribution is 2.30. The van der Waals surface area contributed by atoms with Crippen LogP contribution in [0.4, 0.5) is 14.6 Å². The van der Waals surface area contributed by atoms with E-state index < -0.39 is 17.6 Å². The molecule has 0 bridgehead atoms. The van der Waals surface area contributed by atoms with Gasteiger partial charge in [-0.1, -0.05) is 31.5 Å². The van der Waals surface area contributed by atoms with Crippen LogP contribution in [0.15, 0.2) is 30.5 Å². The number of pyridine rings is 1. The Hall–Kier alpha value is -3.07. The van der Waals surface area contributed by atoms with E-state index in [0.717, 1.165) is 12.8 Å². The minimum absolute atomic E-state index is 0.0762. The summed E-state index contributed by atoms with van der Waals surface area (Å²) >= 11 is 0. The van der Waals surface area contributed by atoms with Crippen LogP contribution in [0.5, 0.6) is 0 Å². The lowest BCUT2D eigenvalue weighted by Gasteiger charge is -2.39. The summed E-state index contributed by atoms with van der Waals surface area (Å²) in [5.74, 6) is -2.00. The molecule has 1 aromatic carbocycles. The zero-order chi connectivity index (χ0) is 22.4. The zero-order valence-electron chi connectivity index (χ0n) is 17.4. The van der Waals surface area contributed by atoms with Gasteiger partial charge in [-0.15, -0.1) is 0 Å². The normalized spacial score (nSPS) is 13.7. The number of halogens is 2. The van der Waals surface area contributed by atoms with Crippen LogP contribution >= 0.6 is 0 Å². The Kier molecular flexibility index (Phi) is 7.51. The number of aromatic nitrogens is 1. The molecule has 2 aromatic rings. The molecule has 0 aliphatic carbocycles. The van der Waals surface area contributed by atoms with Gasteiger partial charge >= 0.3 is 5.97 Å². The molecule has 0 atom stereocenters. The number of esters is 1. The van der Waals surface area contributed by atoms with Crippen molar-refractivity contribution in [1.29, 1.82) is 5.41 Å². The van der Waals surface area contributed by atoms with E-state index >= 15 is 0 Å². The maximum Gasteiger partial charge on any atom is 0.313 e. The van der Waals surface area contributed by atoms with Crippen molar-refractivity contribution in [2.75, 3.05) is 24.6 Å². The second-order valence-corrected chi connectivity index (χ2v) is 7.42. The molecule has 1 aliphatic rings. The molecule has 1 aromatic heterocycles. The molecule has 9 heteroatoms. The van der Waals surface area contributed by atoms with Crippen molar-refractivity contribution in [3.8, 4) is 11.1 Å². The van der Waals surface area contributed by atoms with Gasteiger partial charge in [-0.05, 0) is 12.5 Å². The van der Waals surface area contributed by atoms with Crippen LogP contribution in [0.1, 0.15) is 31.7 Å². The summed E-state index contributed by atoms with van der Waals surface area (Å²) in [5.41, 5.74) is 5.72. The molecule has 0 radical (unpaired) electrons. The van der Waals surface area contributed by atoms with Gasteiger partial charge in [0.05, 0.1) is 6.10 Å². The molecule has 0 unspecified atom stereocenters. The number of nitrogens with two attached hydrogens (primary N) is 1. The third kappa shape index (κ3) is 5.75. The molecular formula is C22H26F2N4O3. The first-order chi connectivity index (χ1) is 14.9. The Morgan fingerprint density at radius 3 is 2.81 bits per heavy atom. The molecule has 3 N–H and O–H groups in total. The molecule has 1 fully saturated rings. The molecule has 0 amide bonds. The van der Waals surface area contributed by atoms with Gasteiger partial charge in [0.1, 0.15) is 24.7 Å². The van der Waals surface area contributed by atoms with E-state index in [1.54, 1.807) is 11.0 Å². The summed E-state index contributed by atoms with van der Waals surface area (Å²) in [6.07, 6.45) is 3.20. The number of anilines is 1. The van der Waals surface area contributed by atoms with E-state index in [0.29, 0.717) is 19.7 Å². The number of hydrogen-bond acceptors (Lipinski definition) is 6. The van der Waals surface area contributed by atoms with Crippen molar-refractivity contribution in [1.82, 2.24) is 4.98 Å². The summed E-state index contributed by atoms with van der Waals surface area (Å²) in [7, 11) is 0. The second-order valence-electron chi connectivity index (χ2n) is 7.42. The highest BCUT2D eigenvalue weighted by molar-refractivity contribution is 5.94. The van der Waals surface area contributed by atoms with E-state index in [2.05, 4.69) is 11.9 Å². The lowest BCUT2D eigenvalue weighted by atomic mass is 10.0. The first kappa shape index (κ1) is 22.6. The van der Waals surface area contributed by atoms with Crippen LogP contribution in [0.3, 0.4) is 0 Å². The number of unbranched alkanes of at least 4 members (excludes halogenated alkanes) is 1. The predicted octanol–water partition coefficient (Wildman–Crippen LogP) is 3.40. The van der Waals surface area contributed by atoms with Crippen molar-refractivity contribution in [3.63, 3.8) is 0 Å². The highest BCUT2D eigenvalue weighted by atomic mass is 19.1. The smallest absolute Gasteiger partial charge is 0.313 e. The molecular weight excluding hydrogens is 406 g/mol. The van der Waals surface area contributed by atoms with Crippen LogP contribution in [0.2, 0.25) is 0 Å². The van der Waals surface area contributed by atoms with Gasteiger partial charge in [0.25, 0.3) is 0 Å². The number of nitrogens with zero attached hydrogens (tertiary/aromatic N) is 2. The lowest BCUT2D eigenvalue weighted by Crippen LogP contribution is -2.53. The van der Waals surface area contributed by atoms with Crippen molar-refractivity contribution in [2.24, 2.45) is 5.73 Å². The predicted molar refractivity (Wildman–Crippen MR) is 113 cm³/mol. The van der Waals surface area contributed by atoms with E-state index in [9.17, 15) is 13.6 Å². The molecule has 166 valence electrons. The van der Waals surface area contributed by atoms with Gasteiger partial charge in [0.2, 0.25) is 0 Å². The van der Waals surface area contributed by atoms with Crippen LogP contribution in [0, 0.1) is 17.0 Å². The van der Waals surface area contributed by atoms with E-state index in [1.165, 1.54) is 24.4 Å². The second kappa shape index (κ2) is 10.3. The molecule has 3 rings (SSSR count). The highest BCUT2D eigenvalue weighted by Gasteiger charge is 2.30. The molecule has 31 heavy (non-hydrogen) atoms. The van der Waals surface area contributed by atoms with Crippen LogP contribution < -0.4 is 10.6 Å². The Labute approximate surface area is 179 Å². The summed E-state index contributed by atoms with van der Waals surface area (Å²) in [6.45, 7) is 3.62. The minimum atomic E-state index is -0.721. The fraction of sp³-hybridized carbons (Fsp3) is 0.409. The summed E-state index contributed by atoms with van der Waals surface area (Å²) in [4.78, 5) is 17.5. The van der Waals surface area contributed by atoms with Crippen molar-refractivity contribution < 1.29 is 23.0 Å². The number of nitrogens with one attached hydrogen (secondary N) is 1. The van der Waals surface area contributed by atoms with Gasteiger partial charge in [-0.3, -0.25) is 10.2 Å². The SMILES string of the molecule is CCCCOC1CN(c2ncc(-c3cccc(COC(=O)CC(=N)N)c3F)cc2F)C1. The number of carbonyl (C=O) groups excluding carboxylic acids is 1. The Balaban J connectivity index is 1.66. The maximum absolute atomic E-state index is 14.9. The van der Waals surface area contributed by atoms with Gasteiger partial charge in [-0.25, -0.2) is 13.8 Å². The van der Waals surface area contributed by atoms with Gasteiger partial charge in [-0.2, -0.15) is 0 Å². The summed E-state index contributed by atoms with van der Waals surface area (Å²) in [5, 5.41) is 7.08. The van der Waals surface area contributed by atoms with Crippen molar-refractivity contribution >= 4 is 17.6 Å². The number of ether oxygens (including phenoxy) is 2. The first-order valence-electron chi connectivity index (χ1n) is 10.2. The lowest BCUT2D eigenvalue weighted by molar-refractivity contribution is -0.143. The molecule has 1 saturated heterocycles. The summed E-state index contributed by atoms with van der Waals surface area (Å²) < 4.78 is 40.2. The van der Waals surface area contributed by atoms with E-state index in [4.69, 9.17) is 20.6 Å². The fourth-order valence-corrected chi connectivity index (χ4v) is 3.20. The van der Waals surface area contributed by atoms with E-state index in [1.807, 2.05) is 0 Å². The zero-order valence-corrected chi connectivity index (χ0v) is 17.4. The average Bonchev–Trinajstić information content (AvgIpc) is 2.69. The van der Waals surface area contributed by atoms with Crippen LogP contribution in [-0.2, 0) is 20.9 Å². The number of amidine groups is 1. The molecule has 2 heterocycles. The third-order valence-corrected chi connectivity index (χ3v) is 4.93.